The van der Waals surface area contributed by atoms with Gasteiger partial charge in [0, 0.05) is 23.6 Å². The van der Waals surface area contributed by atoms with E-state index in [2.05, 4.69) is 33.9 Å². The number of nitrogens with zero attached hydrogens (tertiary/aromatic N) is 2. The zero-order valence-electron chi connectivity index (χ0n) is 19.9. The molecule has 0 radical (unpaired) electrons. The largest absolute Gasteiger partial charge is 0.416 e. The lowest BCUT2D eigenvalue weighted by atomic mass is 9.89. The Hall–Kier alpha value is -2.31. The number of piperidine rings is 1. The molecule has 0 atom stereocenters. The van der Waals surface area contributed by atoms with E-state index in [1.807, 2.05) is 6.07 Å². The number of fused-ring (bicyclic) bond motifs is 1. The summed E-state index contributed by atoms with van der Waals surface area (Å²) in [4.78, 5) is 2.60. The van der Waals surface area contributed by atoms with Gasteiger partial charge in [-0.1, -0.05) is 49.6 Å². The molecule has 1 saturated heterocycles. The lowest BCUT2D eigenvalue weighted by Crippen LogP contribution is -2.33. The van der Waals surface area contributed by atoms with E-state index in [9.17, 15) is 13.2 Å². The molecule has 0 aliphatic carbocycles. The highest BCUT2D eigenvalue weighted by atomic mass is 19.4. The third kappa shape index (κ3) is 6.22. The summed E-state index contributed by atoms with van der Waals surface area (Å²) in [5.74, 6) is 0.527. The zero-order chi connectivity index (χ0) is 24.0. The molecule has 34 heavy (non-hydrogen) atoms. The van der Waals surface area contributed by atoms with Crippen LogP contribution in [0.3, 0.4) is 0 Å². The summed E-state index contributed by atoms with van der Waals surface area (Å²) < 4.78 is 40.9. The van der Waals surface area contributed by atoms with E-state index in [-0.39, 0.29) is 0 Å². The first-order valence-electron chi connectivity index (χ1n) is 12.6. The summed E-state index contributed by atoms with van der Waals surface area (Å²) in [7, 11) is 0. The van der Waals surface area contributed by atoms with Crippen LogP contribution in [0.15, 0.2) is 54.7 Å². The molecule has 1 fully saturated rings. The van der Waals surface area contributed by atoms with Crippen molar-refractivity contribution >= 4 is 10.9 Å². The Morgan fingerprint density at radius 2 is 1.53 bits per heavy atom. The fourth-order valence-electron chi connectivity index (χ4n) is 5.20. The van der Waals surface area contributed by atoms with Crippen molar-refractivity contribution in [1.82, 2.24) is 9.47 Å². The van der Waals surface area contributed by atoms with Gasteiger partial charge < -0.3 is 15.2 Å². The molecule has 3 aromatic rings. The molecule has 0 bridgehead atoms. The van der Waals surface area contributed by atoms with Crippen LogP contribution in [0.1, 0.15) is 67.6 Å². The van der Waals surface area contributed by atoms with Crippen LogP contribution in [0.4, 0.5) is 13.2 Å². The summed E-state index contributed by atoms with van der Waals surface area (Å²) in [5.41, 5.74) is 8.37. The Morgan fingerprint density at radius 1 is 0.853 bits per heavy atom. The Bertz CT molecular complexity index is 1030. The van der Waals surface area contributed by atoms with Crippen LogP contribution >= 0.6 is 0 Å². The van der Waals surface area contributed by atoms with Gasteiger partial charge in [0.15, 0.2) is 0 Å². The van der Waals surface area contributed by atoms with Gasteiger partial charge in [-0.3, -0.25) is 0 Å². The summed E-state index contributed by atoms with van der Waals surface area (Å²) >= 11 is 0. The number of halogens is 3. The van der Waals surface area contributed by atoms with Crippen molar-refractivity contribution in [2.24, 2.45) is 5.73 Å². The zero-order valence-corrected chi connectivity index (χ0v) is 19.9. The van der Waals surface area contributed by atoms with Gasteiger partial charge in [-0.2, -0.15) is 13.2 Å². The molecular formula is C28H36F3N3. The fraction of sp³-hybridized carbons (Fsp3) is 0.500. The molecule has 0 spiro atoms. The third-order valence-corrected chi connectivity index (χ3v) is 7.16. The average Bonchev–Trinajstić information content (AvgIpc) is 3.20. The summed E-state index contributed by atoms with van der Waals surface area (Å²) in [5, 5.41) is 1.27. The molecule has 1 aliphatic heterocycles. The molecule has 1 aromatic heterocycles. The van der Waals surface area contributed by atoms with Crippen LogP contribution in [0.2, 0.25) is 0 Å². The summed E-state index contributed by atoms with van der Waals surface area (Å²) in [6.07, 6.45) is 6.46. The Labute approximate surface area is 200 Å². The number of hydrogen-bond donors (Lipinski definition) is 1. The average molecular weight is 472 g/mol. The monoisotopic (exact) mass is 471 g/mol. The van der Waals surface area contributed by atoms with E-state index < -0.39 is 11.7 Å². The number of hydrogen-bond acceptors (Lipinski definition) is 2. The standard InChI is InChI=1S/C28H36F3N3/c29-28(30,31)24-12-10-22(11-13-24)20-34-21-26(25-8-4-5-9-27(25)34)23-14-18-33(19-15-23)17-7-3-1-2-6-16-32/h4-5,8-13,21,23H,1-3,6-7,14-20,32H2. The third-order valence-electron chi connectivity index (χ3n) is 7.16. The molecule has 4 rings (SSSR count). The SMILES string of the molecule is NCCCCCCCN1CCC(c2cn(Cc3ccc(C(F)(F)F)cc3)c3ccccc23)CC1. The van der Waals surface area contributed by atoms with E-state index in [1.54, 1.807) is 12.1 Å². The lowest BCUT2D eigenvalue weighted by Gasteiger charge is -2.32. The maximum absolute atomic E-state index is 12.9. The highest BCUT2D eigenvalue weighted by Crippen LogP contribution is 2.35. The minimum Gasteiger partial charge on any atom is -0.343 e. The lowest BCUT2D eigenvalue weighted by molar-refractivity contribution is -0.137. The number of aromatic nitrogens is 1. The summed E-state index contributed by atoms with van der Waals surface area (Å²) in [6, 6.07) is 13.9. The molecule has 3 nitrogen and oxygen atoms in total. The molecule has 0 unspecified atom stereocenters. The first-order valence-corrected chi connectivity index (χ1v) is 12.6. The van der Waals surface area contributed by atoms with Crippen molar-refractivity contribution in [3.8, 4) is 0 Å². The van der Waals surface area contributed by atoms with E-state index in [0.29, 0.717) is 12.5 Å². The first kappa shape index (κ1) is 24.8. The topological polar surface area (TPSA) is 34.2 Å². The van der Waals surface area contributed by atoms with Crippen LogP contribution in [0.25, 0.3) is 10.9 Å². The van der Waals surface area contributed by atoms with E-state index in [1.165, 1.54) is 55.3 Å². The summed E-state index contributed by atoms with van der Waals surface area (Å²) in [6.45, 7) is 4.82. The molecule has 184 valence electrons. The number of para-hydroxylation sites is 1. The number of nitrogens with two attached hydrogens (primary N) is 1. The number of alkyl halides is 3. The van der Waals surface area contributed by atoms with E-state index >= 15 is 0 Å². The Kier molecular flexibility index (Phi) is 8.32. The number of unbranched alkanes of at least 4 members (excludes halogenated alkanes) is 4. The van der Waals surface area contributed by atoms with Crippen LogP contribution in [0, 0.1) is 0 Å². The number of benzene rings is 2. The van der Waals surface area contributed by atoms with Crippen molar-refractivity contribution < 1.29 is 13.2 Å². The van der Waals surface area contributed by atoms with Crippen molar-refractivity contribution in [1.29, 1.82) is 0 Å². The molecule has 1 aliphatic rings. The second kappa shape index (κ2) is 11.4. The highest BCUT2D eigenvalue weighted by molar-refractivity contribution is 5.84. The molecule has 0 saturated carbocycles. The van der Waals surface area contributed by atoms with Crippen LogP contribution in [0.5, 0.6) is 0 Å². The normalized spacial score (nSPS) is 15.9. The van der Waals surface area contributed by atoms with Gasteiger partial charge in [-0.15, -0.1) is 0 Å². The quantitative estimate of drug-likeness (QED) is 0.330. The Morgan fingerprint density at radius 3 is 2.24 bits per heavy atom. The molecule has 0 amide bonds. The van der Waals surface area contributed by atoms with E-state index in [0.717, 1.165) is 50.0 Å². The number of likely N-dealkylation sites (tertiary alicyclic amines) is 1. The van der Waals surface area contributed by atoms with Gasteiger partial charge in [0.1, 0.15) is 0 Å². The predicted molar refractivity (Wildman–Crippen MR) is 133 cm³/mol. The molecule has 6 heteroatoms. The minimum absolute atomic E-state index is 0.527. The number of rotatable bonds is 10. The van der Waals surface area contributed by atoms with Crippen molar-refractivity contribution in [3.05, 3.63) is 71.4 Å². The van der Waals surface area contributed by atoms with Gasteiger partial charge in [0.2, 0.25) is 0 Å². The molecule has 2 N–H and O–H groups in total. The highest BCUT2D eigenvalue weighted by Gasteiger charge is 2.30. The smallest absolute Gasteiger partial charge is 0.343 e. The second-order valence-corrected chi connectivity index (χ2v) is 9.60. The van der Waals surface area contributed by atoms with Gasteiger partial charge in [0.25, 0.3) is 0 Å². The van der Waals surface area contributed by atoms with Crippen LogP contribution < -0.4 is 5.73 Å². The van der Waals surface area contributed by atoms with Crippen LogP contribution in [-0.2, 0) is 12.7 Å². The van der Waals surface area contributed by atoms with Gasteiger partial charge in [-0.05, 0) is 87.1 Å². The maximum atomic E-state index is 12.9. The minimum atomic E-state index is -4.30. The van der Waals surface area contributed by atoms with Crippen molar-refractivity contribution in [2.75, 3.05) is 26.2 Å². The molecular weight excluding hydrogens is 435 g/mol. The first-order chi connectivity index (χ1) is 16.5. The molecule has 2 aromatic carbocycles. The maximum Gasteiger partial charge on any atom is 0.416 e. The van der Waals surface area contributed by atoms with Crippen molar-refractivity contribution in [3.63, 3.8) is 0 Å². The van der Waals surface area contributed by atoms with Gasteiger partial charge in [0.05, 0.1) is 5.56 Å². The van der Waals surface area contributed by atoms with Crippen LogP contribution in [-0.4, -0.2) is 35.6 Å². The van der Waals surface area contributed by atoms with Crippen molar-refractivity contribution in [2.45, 2.75) is 63.6 Å². The Balaban J connectivity index is 1.39. The van der Waals surface area contributed by atoms with Gasteiger partial charge in [-0.25, -0.2) is 0 Å². The predicted octanol–water partition coefficient (Wildman–Crippen LogP) is 6.80. The van der Waals surface area contributed by atoms with Gasteiger partial charge >= 0.3 is 6.18 Å². The fourth-order valence-corrected chi connectivity index (χ4v) is 5.20. The second-order valence-electron chi connectivity index (χ2n) is 9.60. The van der Waals surface area contributed by atoms with E-state index in [4.69, 9.17) is 5.73 Å². The molecule has 2 heterocycles.